The Hall–Kier alpha value is -1.56. The minimum absolute atomic E-state index is 0.297. The highest BCUT2D eigenvalue weighted by Crippen LogP contribution is 2.28. The summed E-state index contributed by atoms with van der Waals surface area (Å²) < 4.78 is 23.0. The van der Waals surface area contributed by atoms with Crippen molar-refractivity contribution in [3.8, 4) is 0 Å². The van der Waals surface area contributed by atoms with E-state index < -0.39 is 15.8 Å². The zero-order chi connectivity index (χ0) is 14.9. The topological polar surface area (TPSA) is 74.7 Å². The van der Waals surface area contributed by atoms with Crippen molar-refractivity contribution in [3.05, 3.63) is 23.8 Å². The highest BCUT2D eigenvalue weighted by atomic mass is 32.2. The van der Waals surface area contributed by atoms with Gasteiger partial charge in [0.2, 0.25) is 0 Å². The monoisotopic (exact) mass is 297 g/mol. The number of nitrogens with zero attached hydrogens (tertiary/aromatic N) is 1. The Balaban J connectivity index is 2.27. The quantitative estimate of drug-likeness (QED) is 0.919. The first kappa shape index (κ1) is 14.8. The van der Waals surface area contributed by atoms with Crippen LogP contribution >= 0.6 is 0 Å². The summed E-state index contributed by atoms with van der Waals surface area (Å²) >= 11 is 0. The lowest BCUT2D eigenvalue weighted by Crippen LogP contribution is -2.39. The Labute approximate surface area is 119 Å². The summed E-state index contributed by atoms with van der Waals surface area (Å²) in [6.07, 6.45) is 2.72. The van der Waals surface area contributed by atoms with Crippen LogP contribution in [0.3, 0.4) is 0 Å². The lowest BCUT2D eigenvalue weighted by atomic mass is 9.97. The fourth-order valence-corrected chi connectivity index (χ4v) is 3.32. The Bertz CT molecular complexity index is 624. The molecule has 1 aliphatic heterocycles. The summed E-state index contributed by atoms with van der Waals surface area (Å²) in [6.45, 7) is 3.14. The molecule has 0 saturated carbocycles. The van der Waals surface area contributed by atoms with Crippen molar-refractivity contribution in [2.75, 3.05) is 24.2 Å². The maximum Gasteiger partial charge on any atom is 0.308 e. The zero-order valence-corrected chi connectivity index (χ0v) is 12.5. The number of carboxylic acid groups (broad SMARTS) is 1. The molecule has 5 nitrogen and oxygen atoms in total. The first-order valence-electron chi connectivity index (χ1n) is 6.57. The fraction of sp³-hybridized carbons (Fsp3) is 0.500. The summed E-state index contributed by atoms with van der Waals surface area (Å²) in [5.74, 6) is -1.11. The summed E-state index contributed by atoms with van der Waals surface area (Å²) in [5, 5.41) is 9.12. The van der Waals surface area contributed by atoms with Crippen LogP contribution in [0.1, 0.15) is 18.4 Å². The summed E-state index contributed by atoms with van der Waals surface area (Å²) in [5.41, 5.74) is 1.78. The number of carbonyl (C=O) groups is 1. The molecule has 20 heavy (non-hydrogen) atoms. The van der Waals surface area contributed by atoms with Crippen LogP contribution in [-0.4, -0.2) is 38.8 Å². The molecular weight excluding hydrogens is 278 g/mol. The third-order valence-electron chi connectivity index (χ3n) is 3.71. The van der Waals surface area contributed by atoms with Crippen LogP contribution in [0, 0.1) is 12.8 Å². The Kier molecular flexibility index (Phi) is 4.04. The minimum atomic E-state index is -3.21. The van der Waals surface area contributed by atoms with Crippen LogP contribution < -0.4 is 4.90 Å². The van der Waals surface area contributed by atoms with Gasteiger partial charge in [0, 0.05) is 25.0 Å². The lowest BCUT2D eigenvalue weighted by Gasteiger charge is -2.33. The Morgan fingerprint density at radius 1 is 1.40 bits per heavy atom. The number of rotatable bonds is 3. The molecule has 0 spiro atoms. The van der Waals surface area contributed by atoms with Crippen molar-refractivity contribution in [2.45, 2.75) is 24.7 Å². The van der Waals surface area contributed by atoms with Gasteiger partial charge >= 0.3 is 5.97 Å². The van der Waals surface area contributed by atoms with Gasteiger partial charge in [0.25, 0.3) is 0 Å². The second kappa shape index (κ2) is 5.44. The van der Waals surface area contributed by atoms with Crippen LogP contribution in [0.25, 0.3) is 0 Å². The maximum atomic E-state index is 11.5. The van der Waals surface area contributed by atoms with Gasteiger partial charge in [-0.05, 0) is 43.5 Å². The molecule has 0 aliphatic carbocycles. The Morgan fingerprint density at radius 2 is 2.10 bits per heavy atom. The molecule has 6 heteroatoms. The molecule has 1 aromatic rings. The second-order valence-corrected chi connectivity index (χ2v) is 7.36. The zero-order valence-electron chi connectivity index (χ0n) is 11.7. The minimum Gasteiger partial charge on any atom is -0.481 e. The molecule has 1 saturated heterocycles. The maximum absolute atomic E-state index is 11.5. The van der Waals surface area contributed by atoms with E-state index in [4.69, 9.17) is 5.11 Å². The van der Waals surface area contributed by atoms with Crippen LogP contribution in [0.2, 0.25) is 0 Å². The van der Waals surface area contributed by atoms with Gasteiger partial charge < -0.3 is 10.0 Å². The van der Waals surface area contributed by atoms with Gasteiger partial charge in [0.05, 0.1) is 10.8 Å². The number of hydrogen-bond acceptors (Lipinski definition) is 4. The molecule has 110 valence electrons. The van der Waals surface area contributed by atoms with Gasteiger partial charge in [-0.2, -0.15) is 0 Å². The van der Waals surface area contributed by atoms with Gasteiger partial charge in [-0.15, -0.1) is 0 Å². The molecule has 2 rings (SSSR count). The van der Waals surface area contributed by atoms with Crippen molar-refractivity contribution in [1.82, 2.24) is 0 Å². The molecule has 1 atom stereocenters. The highest BCUT2D eigenvalue weighted by molar-refractivity contribution is 7.90. The molecule has 0 unspecified atom stereocenters. The number of anilines is 1. The Morgan fingerprint density at radius 3 is 2.65 bits per heavy atom. The molecular formula is C14H19NO4S. The number of carboxylic acids is 1. The summed E-state index contributed by atoms with van der Waals surface area (Å²) in [6, 6.07) is 5.01. The molecule has 0 aromatic heterocycles. The number of benzene rings is 1. The van der Waals surface area contributed by atoms with Crippen LogP contribution in [0.5, 0.6) is 0 Å². The SMILES string of the molecule is Cc1cc(S(C)(=O)=O)ccc1N1CCC[C@@H](C(=O)O)C1. The molecule has 1 fully saturated rings. The van der Waals surface area contributed by atoms with Crippen molar-refractivity contribution >= 4 is 21.5 Å². The first-order chi connectivity index (χ1) is 9.29. The molecule has 0 radical (unpaired) electrons. The predicted molar refractivity (Wildman–Crippen MR) is 76.9 cm³/mol. The smallest absolute Gasteiger partial charge is 0.308 e. The highest BCUT2D eigenvalue weighted by Gasteiger charge is 2.26. The molecule has 1 heterocycles. The average Bonchev–Trinajstić information content (AvgIpc) is 2.37. The van der Waals surface area contributed by atoms with E-state index in [1.165, 1.54) is 6.26 Å². The number of sulfone groups is 1. The van der Waals surface area contributed by atoms with Crippen LogP contribution in [0.15, 0.2) is 23.1 Å². The summed E-state index contributed by atoms with van der Waals surface area (Å²) in [4.78, 5) is 13.4. The van der Waals surface area contributed by atoms with E-state index in [1.807, 2.05) is 11.8 Å². The van der Waals surface area contributed by atoms with Gasteiger partial charge in [0.15, 0.2) is 9.84 Å². The lowest BCUT2D eigenvalue weighted by molar-refractivity contribution is -0.141. The van der Waals surface area contributed by atoms with E-state index in [-0.39, 0.29) is 5.92 Å². The largest absolute Gasteiger partial charge is 0.481 e. The van der Waals surface area contributed by atoms with Crippen molar-refractivity contribution in [3.63, 3.8) is 0 Å². The third-order valence-corrected chi connectivity index (χ3v) is 4.82. The number of aryl methyl sites for hydroxylation is 1. The van der Waals surface area contributed by atoms with Gasteiger partial charge in [0.1, 0.15) is 0 Å². The van der Waals surface area contributed by atoms with E-state index in [2.05, 4.69) is 0 Å². The van der Waals surface area contributed by atoms with Crippen LogP contribution in [-0.2, 0) is 14.6 Å². The molecule has 1 aliphatic rings. The van der Waals surface area contributed by atoms with Crippen molar-refractivity contribution in [1.29, 1.82) is 0 Å². The summed E-state index contributed by atoms with van der Waals surface area (Å²) in [7, 11) is -3.21. The average molecular weight is 297 g/mol. The molecule has 1 aromatic carbocycles. The number of aliphatic carboxylic acids is 1. The van der Waals surface area contributed by atoms with Crippen molar-refractivity contribution in [2.24, 2.45) is 5.92 Å². The molecule has 0 amide bonds. The predicted octanol–water partition coefficient (Wildman–Crippen LogP) is 1.70. The van der Waals surface area contributed by atoms with Crippen LogP contribution in [0.4, 0.5) is 5.69 Å². The van der Waals surface area contributed by atoms with E-state index in [1.54, 1.807) is 18.2 Å². The standard InChI is InChI=1S/C14H19NO4S/c1-10-8-12(20(2,18)19)5-6-13(10)15-7-3-4-11(9-15)14(16)17/h5-6,8,11H,3-4,7,9H2,1-2H3,(H,16,17)/t11-/m1/s1. The van der Waals surface area contributed by atoms with Gasteiger partial charge in [-0.3, -0.25) is 4.79 Å². The molecule has 1 N–H and O–H groups in total. The number of piperidine rings is 1. The van der Waals surface area contributed by atoms with Crippen molar-refractivity contribution < 1.29 is 18.3 Å². The van der Waals surface area contributed by atoms with E-state index in [9.17, 15) is 13.2 Å². The van der Waals surface area contributed by atoms with Gasteiger partial charge in [-0.1, -0.05) is 0 Å². The third kappa shape index (κ3) is 3.12. The van der Waals surface area contributed by atoms with Gasteiger partial charge in [-0.25, -0.2) is 8.42 Å². The first-order valence-corrected chi connectivity index (χ1v) is 8.46. The normalized spacial score (nSPS) is 19.9. The number of hydrogen-bond donors (Lipinski definition) is 1. The fourth-order valence-electron chi connectivity index (χ4n) is 2.61. The van der Waals surface area contributed by atoms with E-state index in [0.717, 1.165) is 24.2 Å². The van der Waals surface area contributed by atoms with E-state index in [0.29, 0.717) is 17.9 Å². The second-order valence-electron chi connectivity index (χ2n) is 5.34. The van der Waals surface area contributed by atoms with E-state index >= 15 is 0 Å². The molecule has 0 bridgehead atoms.